The van der Waals surface area contributed by atoms with Gasteiger partial charge in [0.25, 0.3) is 0 Å². The molecule has 1 aromatic heterocycles. The van der Waals surface area contributed by atoms with E-state index in [2.05, 4.69) is 5.10 Å². The summed E-state index contributed by atoms with van der Waals surface area (Å²) in [5.74, 6) is 0. The van der Waals surface area contributed by atoms with E-state index >= 15 is 0 Å². The molecule has 0 radical (unpaired) electrons. The summed E-state index contributed by atoms with van der Waals surface area (Å²) in [5.41, 5.74) is 0.721. The first-order valence-corrected chi connectivity index (χ1v) is 4.78. The van der Waals surface area contributed by atoms with Gasteiger partial charge < -0.3 is 12.9 Å². The number of rotatable bonds is 2. The maximum atomic E-state index is 12.5. The Morgan fingerprint density at radius 3 is 2.47 bits per heavy atom. The zero-order valence-electron chi connectivity index (χ0n) is 9.57. The summed E-state index contributed by atoms with van der Waals surface area (Å²) in [5, 5.41) is 3.97. The molecule has 0 saturated carbocycles. The number of benzene rings is 1. The van der Waals surface area contributed by atoms with Crippen LogP contribution in [0.15, 0.2) is 36.7 Å². The quantitative estimate of drug-likeness (QED) is 0.652. The van der Waals surface area contributed by atoms with Crippen molar-refractivity contribution < 1.29 is 64.3 Å². The molecule has 0 amide bonds. The largest absolute Gasteiger partial charge is 1.00 e. The van der Waals surface area contributed by atoms with E-state index in [1.54, 1.807) is 18.5 Å². The van der Waals surface area contributed by atoms with Crippen LogP contribution < -0.4 is 56.8 Å². The Kier molecular flexibility index (Phi) is 5.03. The summed E-state index contributed by atoms with van der Waals surface area (Å²) in [6, 6.07) is 5.15. The van der Waals surface area contributed by atoms with Crippen molar-refractivity contribution in [2.45, 2.75) is 6.92 Å². The smallest absolute Gasteiger partial charge is 0.445 e. The Morgan fingerprint density at radius 1 is 1.24 bits per heavy atom. The Morgan fingerprint density at radius 2 is 1.94 bits per heavy atom. The van der Waals surface area contributed by atoms with Gasteiger partial charge in [-0.25, -0.2) is 4.68 Å². The molecule has 0 aliphatic carbocycles. The van der Waals surface area contributed by atoms with Crippen molar-refractivity contribution in [1.29, 1.82) is 0 Å². The van der Waals surface area contributed by atoms with E-state index in [9.17, 15) is 12.9 Å². The van der Waals surface area contributed by atoms with Gasteiger partial charge in [0.15, 0.2) is 0 Å². The molecular weight excluding hydrogens is 255 g/mol. The van der Waals surface area contributed by atoms with Crippen molar-refractivity contribution in [3.63, 3.8) is 0 Å². The molecule has 84 valence electrons. The Hall–Kier alpha value is -0.0787. The molecule has 0 spiro atoms. The molecular formula is C10H9BF3KN2. The number of hydrogen-bond acceptors (Lipinski definition) is 1. The second kappa shape index (κ2) is 5.71. The number of halogens is 3. The Labute approximate surface area is 140 Å². The zero-order chi connectivity index (χ0) is 11.8. The van der Waals surface area contributed by atoms with Crippen LogP contribution in [0.5, 0.6) is 0 Å². The molecule has 2 nitrogen and oxygen atoms in total. The fourth-order valence-corrected chi connectivity index (χ4v) is 1.42. The molecule has 0 aliphatic rings. The summed E-state index contributed by atoms with van der Waals surface area (Å²) in [7, 11) is 0. The fourth-order valence-electron chi connectivity index (χ4n) is 1.42. The van der Waals surface area contributed by atoms with E-state index in [0.29, 0.717) is 5.69 Å². The standard InChI is InChI=1S/C10H9BF3N2.K/c1-8-6-15-16(7-8)10-4-2-3-9(5-10)11(12,13)14;/h2-7H,1H3;/q-1;+1. The third-order valence-electron chi connectivity index (χ3n) is 2.22. The van der Waals surface area contributed by atoms with Crippen molar-refractivity contribution in [2.24, 2.45) is 0 Å². The molecule has 7 heteroatoms. The van der Waals surface area contributed by atoms with Gasteiger partial charge in [0.2, 0.25) is 0 Å². The number of aromatic nitrogens is 2. The van der Waals surface area contributed by atoms with Crippen LogP contribution in [-0.2, 0) is 0 Å². The van der Waals surface area contributed by atoms with E-state index < -0.39 is 12.4 Å². The van der Waals surface area contributed by atoms with E-state index in [1.165, 1.54) is 10.7 Å². The molecule has 0 fully saturated rings. The molecule has 0 N–H and O–H groups in total. The molecule has 0 saturated heterocycles. The van der Waals surface area contributed by atoms with E-state index in [1.807, 2.05) is 6.92 Å². The first kappa shape index (κ1) is 15.0. The molecule has 0 unspecified atom stereocenters. The number of aryl methyl sites for hydroxylation is 1. The maximum absolute atomic E-state index is 12.5. The molecule has 17 heavy (non-hydrogen) atoms. The molecule has 1 heterocycles. The predicted molar refractivity (Wildman–Crippen MR) is 57.0 cm³/mol. The molecule has 0 aliphatic heterocycles. The second-order valence-electron chi connectivity index (χ2n) is 3.63. The van der Waals surface area contributed by atoms with Crippen LogP contribution in [0.4, 0.5) is 12.9 Å². The minimum Gasteiger partial charge on any atom is -0.445 e. The summed E-state index contributed by atoms with van der Waals surface area (Å²) < 4.78 is 39.0. The predicted octanol–water partition coefficient (Wildman–Crippen LogP) is -0.761. The summed E-state index contributed by atoms with van der Waals surface area (Å²) in [4.78, 5) is 0. The fraction of sp³-hybridized carbons (Fsp3) is 0.100. The molecule has 0 bridgehead atoms. The van der Waals surface area contributed by atoms with E-state index in [0.717, 1.165) is 17.7 Å². The van der Waals surface area contributed by atoms with Crippen LogP contribution in [-0.4, -0.2) is 16.8 Å². The van der Waals surface area contributed by atoms with Crippen LogP contribution in [0, 0.1) is 6.92 Å². The molecule has 2 rings (SSSR count). The monoisotopic (exact) mass is 264 g/mol. The maximum Gasteiger partial charge on any atom is 1.00 e. The van der Waals surface area contributed by atoms with Crippen molar-refractivity contribution in [1.82, 2.24) is 9.78 Å². The zero-order valence-corrected chi connectivity index (χ0v) is 12.7. The van der Waals surface area contributed by atoms with Gasteiger partial charge in [-0.2, -0.15) is 5.10 Å². The van der Waals surface area contributed by atoms with Crippen LogP contribution >= 0.6 is 0 Å². The van der Waals surface area contributed by atoms with Crippen molar-refractivity contribution in [2.75, 3.05) is 0 Å². The van der Waals surface area contributed by atoms with Gasteiger partial charge in [0, 0.05) is 6.20 Å². The first-order valence-electron chi connectivity index (χ1n) is 4.78. The minimum atomic E-state index is -4.96. The van der Waals surface area contributed by atoms with Crippen LogP contribution in [0.2, 0.25) is 0 Å². The van der Waals surface area contributed by atoms with Gasteiger partial charge in [-0.15, -0.1) is 5.46 Å². The number of nitrogens with zero attached hydrogens (tertiary/aromatic N) is 2. The van der Waals surface area contributed by atoms with E-state index in [4.69, 9.17) is 0 Å². The van der Waals surface area contributed by atoms with Crippen molar-refractivity contribution in [3.8, 4) is 5.69 Å². The third kappa shape index (κ3) is 3.69. The van der Waals surface area contributed by atoms with Crippen molar-refractivity contribution >= 4 is 12.4 Å². The van der Waals surface area contributed by atoms with Crippen molar-refractivity contribution in [3.05, 3.63) is 42.2 Å². The minimum absolute atomic E-state index is 0. The average Bonchev–Trinajstić information content (AvgIpc) is 2.64. The van der Waals surface area contributed by atoms with Gasteiger partial charge in [0.1, 0.15) is 0 Å². The van der Waals surface area contributed by atoms with Crippen LogP contribution in [0.1, 0.15) is 5.56 Å². The summed E-state index contributed by atoms with van der Waals surface area (Å²) in [6.07, 6.45) is 3.29. The van der Waals surface area contributed by atoms with Crippen LogP contribution in [0.25, 0.3) is 5.69 Å². The Bertz CT molecular complexity index is 510. The van der Waals surface area contributed by atoms with Gasteiger partial charge in [-0.3, -0.25) is 0 Å². The topological polar surface area (TPSA) is 17.8 Å². The third-order valence-corrected chi connectivity index (χ3v) is 2.22. The summed E-state index contributed by atoms with van der Waals surface area (Å²) >= 11 is 0. The summed E-state index contributed by atoms with van der Waals surface area (Å²) in [6.45, 7) is -3.12. The van der Waals surface area contributed by atoms with Gasteiger partial charge >= 0.3 is 58.4 Å². The van der Waals surface area contributed by atoms with Gasteiger partial charge in [0.05, 0.1) is 11.9 Å². The molecule has 1 aromatic carbocycles. The normalized spacial score (nSPS) is 11.1. The Balaban J connectivity index is 0.00000144. The average molecular weight is 264 g/mol. The van der Waals surface area contributed by atoms with Crippen LogP contribution in [0.3, 0.4) is 0 Å². The van der Waals surface area contributed by atoms with Gasteiger partial charge in [-0.05, 0) is 18.6 Å². The van der Waals surface area contributed by atoms with E-state index in [-0.39, 0.29) is 51.4 Å². The molecule has 2 aromatic rings. The second-order valence-corrected chi connectivity index (χ2v) is 3.63. The molecule has 0 atom stereocenters. The number of hydrogen-bond donors (Lipinski definition) is 0. The first-order chi connectivity index (χ1) is 7.47. The SMILES string of the molecule is Cc1cnn(-c2cccc([B-](F)(F)F)c2)c1.[K+]. The van der Waals surface area contributed by atoms with Gasteiger partial charge in [-0.1, -0.05) is 18.2 Å².